The van der Waals surface area contributed by atoms with Crippen molar-refractivity contribution < 1.29 is 23.1 Å². The minimum atomic E-state index is -1.26. The van der Waals surface area contributed by atoms with Crippen molar-refractivity contribution in [1.82, 2.24) is 0 Å². The van der Waals surface area contributed by atoms with Crippen molar-refractivity contribution in [3.05, 3.63) is 65.0 Å². The lowest BCUT2D eigenvalue weighted by Gasteiger charge is -2.08. The van der Waals surface area contributed by atoms with Crippen LogP contribution in [0, 0.1) is 17.5 Å². The van der Waals surface area contributed by atoms with Crippen LogP contribution in [0.25, 0.3) is 0 Å². The van der Waals surface area contributed by atoms with Gasteiger partial charge in [0.1, 0.15) is 5.82 Å². The summed E-state index contributed by atoms with van der Waals surface area (Å²) in [4.78, 5) is 10.8. The predicted molar refractivity (Wildman–Crippen MR) is 67.0 cm³/mol. The second-order valence-corrected chi connectivity index (χ2v) is 4.11. The Balaban J connectivity index is 2.15. The number of carbonyl (C=O) groups is 1. The van der Waals surface area contributed by atoms with Crippen LogP contribution in [0.5, 0.6) is 0 Å². The molecule has 0 bridgehead atoms. The van der Waals surface area contributed by atoms with E-state index in [4.69, 9.17) is 5.11 Å². The molecule has 0 saturated heterocycles. The van der Waals surface area contributed by atoms with Crippen LogP contribution in [0.2, 0.25) is 0 Å². The molecule has 0 saturated carbocycles. The summed E-state index contributed by atoms with van der Waals surface area (Å²) in [6.45, 7) is 0.0864. The van der Waals surface area contributed by atoms with Gasteiger partial charge in [0, 0.05) is 18.7 Å². The highest BCUT2D eigenvalue weighted by Crippen LogP contribution is 2.19. The Bertz CT molecular complexity index is 659. The Kier molecular flexibility index (Phi) is 3.93. The molecule has 0 aliphatic rings. The van der Waals surface area contributed by atoms with Gasteiger partial charge in [0.25, 0.3) is 0 Å². The Morgan fingerprint density at radius 3 is 2.45 bits per heavy atom. The van der Waals surface area contributed by atoms with Crippen molar-refractivity contribution in [3.8, 4) is 0 Å². The van der Waals surface area contributed by atoms with E-state index in [1.807, 2.05) is 0 Å². The monoisotopic (exact) mass is 281 g/mol. The summed E-state index contributed by atoms with van der Waals surface area (Å²) >= 11 is 0. The molecule has 104 valence electrons. The van der Waals surface area contributed by atoms with Gasteiger partial charge in [0.05, 0.1) is 11.3 Å². The fraction of sp³-hybridized carbons (Fsp3) is 0.0714. The molecular weight excluding hydrogens is 271 g/mol. The van der Waals surface area contributed by atoms with E-state index in [1.165, 1.54) is 12.1 Å². The minimum absolute atomic E-state index is 0.0864. The van der Waals surface area contributed by atoms with Crippen LogP contribution < -0.4 is 5.32 Å². The summed E-state index contributed by atoms with van der Waals surface area (Å²) in [5.41, 5.74) is 0.480. The van der Waals surface area contributed by atoms with Crippen LogP contribution in [0.15, 0.2) is 36.4 Å². The SMILES string of the molecule is O=C(O)c1cccc(CNc2cc(F)c(F)cc2F)c1. The first-order valence-corrected chi connectivity index (χ1v) is 5.68. The third kappa shape index (κ3) is 3.09. The van der Waals surface area contributed by atoms with Crippen molar-refractivity contribution in [2.75, 3.05) is 5.32 Å². The fourth-order valence-electron chi connectivity index (χ4n) is 1.67. The topological polar surface area (TPSA) is 49.3 Å². The van der Waals surface area contributed by atoms with Gasteiger partial charge in [-0.1, -0.05) is 12.1 Å². The molecule has 0 fully saturated rings. The number of hydrogen-bond acceptors (Lipinski definition) is 2. The Labute approximate surface area is 112 Å². The molecule has 3 nitrogen and oxygen atoms in total. The number of hydrogen-bond donors (Lipinski definition) is 2. The van der Waals surface area contributed by atoms with E-state index >= 15 is 0 Å². The first-order valence-electron chi connectivity index (χ1n) is 5.68. The number of anilines is 1. The zero-order chi connectivity index (χ0) is 14.7. The van der Waals surface area contributed by atoms with Gasteiger partial charge in [-0.15, -0.1) is 0 Å². The summed E-state index contributed by atoms with van der Waals surface area (Å²) in [7, 11) is 0. The van der Waals surface area contributed by atoms with Crippen molar-refractivity contribution >= 4 is 11.7 Å². The van der Waals surface area contributed by atoms with E-state index in [-0.39, 0.29) is 17.8 Å². The molecule has 0 heterocycles. The molecule has 0 amide bonds. The van der Waals surface area contributed by atoms with Crippen LogP contribution in [0.1, 0.15) is 15.9 Å². The predicted octanol–water partition coefficient (Wildman–Crippen LogP) is 3.41. The summed E-state index contributed by atoms with van der Waals surface area (Å²) < 4.78 is 39.1. The number of carboxylic acids is 1. The van der Waals surface area contributed by atoms with E-state index in [2.05, 4.69) is 5.32 Å². The molecule has 0 aliphatic heterocycles. The molecule has 6 heteroatoms. The quantitative estimate of drug-likeness (QED) is 0.844. The van der Waals surface area contributed by atoms with Crippen LogP contribution in [-0.4, -0.2) is 11.1 Å². The third-order valence-corrected chi connectivity index (χ3v) is 2.67. The maximum absolute atomic E-state index is 13.4. The lowest BCUT2D eigenvalue weighted by Crippen LogP contribution is -2.04. The second-order valence-electron chi connectivity index (χ2n) is 4.11. The zero-order valence-electron chi connectivity index (χ0n) is 10.2. The standard InChI is InChI=1S/C14H10F3NO2/c15-10-5-12(17)13(6-11(10)16)18-7-8-2-1-3-9(4-8)14(19)20/h1-6,18H,7H2,(H,19,20). The molecule has 0 aromatic heterocycles. The summed E-state index contributed by atoms with van der Waals surface area (Å²) in [5.74, 6) is -4.42. The molecule has 0 unspecified atom stereocenters. The molecular formula is C14H10F3NO2. The Morgan fingerprint density at radius 1 is 1.05 bits per heavy atom. The van der Waals surface area contributed by atoms with Gasteiger partial charge in [0.2, 0.25) is 0 Å². The van der Waals surface area contributed by atoms with Gasteiger partial charge in [-0.05, 0) is 17.7 Å². The molecule has 0 aliphatic carbocycles. The van der Waals surface area contributed by atoms with Crippen molar-refractivity contribution in [2.24, 2.45) is 0 Å². The average Bonchev–Trinajstić information content (AvgIpc) is 2.41. The fourth-order valence-corrected chi connectivity index (χ4v) is 1.67. The van der Waals surface area contributed by atoms with Crippen LogP contribution in [-0.2, 0) is 6.54 Å². The third-order valence-electron chi connectivity index (χ3n) is 2.67. The molecule has 20 heavy (non-hydrogen) atoms. The molecule has 0 spiro atoms. The first-order chi connectivity index (χ1) is 9.47. The van der Waals surface area contributed by atoms with Crippen molar-refractivity contribution in [3.63, 3.8) is 0 Å². The smallest absolute Gasteiger partial charge is 0.335 e. The van der Waals surface area contributed by atoms with E-state index in [9.17, 15) is 18.0 Å². The summed E-state index contributed by atoms with van der Waals surface area (Å²) in [6.07, 6.45) is 0. The minimum Gasteiger partial charge on any atom is -0.478 e. The summed E-state index contributed by atoms with van der Waals surface area (Å²) in [5, 5.41) is 11.4. The van der Waals surface area contributed by atoms with Crippen LogP contribution in [0.3, 0.4) is 0 Å². The van der Waals surface area contributed by atoms with Crippen LogP contribution >= 0.6 is 0 Å². The number of aromatic carboxylic acids is 1. The number of rotatable bonds is 4. The van der Waals surface area contributed by atoms with E-state index < -0.39 is 23.4 Å². The molecule has 2 aromatic rings. The second kappa shape index (κ2) is 5.64. The largest absolute Gasteiger partial charge is 0.478 e. The molecule has 2 aromatic carbocycles. The van der Waals surface area contributed by atoms with Crippen molar-refractivity contribution in [1.29, 1.82) is 0 Å². The highest BCUT2D eigenvalue weighted by Gasteiger charge is 2.10. The highest BCUT2D eigenvalue weighted by molar-refractivity contribution is 5.87. The number of nitrogens with one attached hydrogen (secondary N) is 1. The average molecular weight is 281 g/mol. The number of benzene rings is 2. The van der Waals surface area contributed by atoms with Crippen LogP contribution in [0.4, 0.5) is 18.9 Å². The van der Waals surface area contributed by atoms with Gasteiger partial charge in [0.15, 0.2) is 11.6 Å². The number of halogens is 3. The number of carboxylic acid groups (broad SMARTS) is 1. The lowest BCUT2D eigenvalue weighted by molar-refractivity contribution is 0.0696. The van der Waals surface area contributed by atoms with E-state index in [0.29, 0.717) is 17.7 Å². The van der Waals surface area contributed by atoms with Gasteiger partial charge in [-0.2, -0.15) is 0 Å². The lowest BCUT2D eigenvalue weighted by atomic mass is 10.1. The van der Waals surface area contributed by atoms with Gasteiger partial charge >= 0.3 is 5.97 Å². The van der Waals surface area contributed by atoms with Gasteiger partial charge in [-0.25, -0.2) is 18.0 Å². The maximum Gasteiger partial charge on any atom is 0.335 e. The molecule has 2 rings (SSSR count). The zero-order valence-corrected chi connectivity index (χ0v) is 10.2. The normalized spacial score (nSPS) is 10.3. The molecule has 0 atom stereocenters. The van der Waals surface area contributed by atoms with E-state index in [1.54, 1.807) is 12.1 Å². The van der Waals surface area contributed by atoms with Crippen molar-refractivity contribution in [2.45, 2.75) is 6.54 Å². The van der Waals surface area contributed by atoms with E-state index in [0.717, 1.165) is 0 Å². The highest BCUT2D eigenvalue weighted by atomic mass is 19.2. The summed E-state index contributed by atoms with van der Waals surface area (Å²) in [6, 6.07) is 7.17. The first kappa shape index (κ1) is 13.9. The van der Waals surface area contributed by atoms with Gasteiger partial charge < -0.3 is 10.4 Å². The Morgan fingerprint density at radius 2 is 1.75 bits per heavy atom. The Hall–Kier alpha value is -2.50. The maximum atomic E-state index is 13.4. The van der Waals surface area contributed by atoms with Gasteiger partial charge in [-0.3, -0.25) is 0 Å². The molecule has 0 radical (unpaired) electrons. The molecule has 2 N–H and O–H groups in total.